The molecule has 0 aromatic carbocycles. The van der Waals surface area contributed by atoms with Gasteiger partial charge in [-0.05, 0) is 31.9 Å². The minimum Gasteiger partial charge on any atom is -0.356 e. The van der Waals surface area contributed by atoms with Crippen molar-refractivity contribution in [1.82, 2.24) is 10.3 Å². The van der Waals surface area contributed by atoms with Crippen molar-refractivity contribution in [3.05, 3.63) is 29.6 Å². The van der Waals surface area contributed by atoms with Crippen molar-refractivity contribution in [2.24, 2.45) is 0 Å². The van der Waals surface area contributed by atoms with Gasteiger partial charge in [0.15, 0.2) is 0 Å². The Hall–Kier alpha value is -1.38. The molecule has 0 spiro atoms. The Morgan fingerprint density at radius 2 is 1.94 bits per heavy atom. The van der Waals surface area contributed by atoms with E-state index in [9.17, 15) is 4.79 Å². The molecule has 0 saturated carbocycles. The van der Waals surface area contributed by atoms with Crippen molar-refractivity contribution in [3.63, 3.8) is 0 Å². The fourth-order valence-corrected chi connectivity index (χ4v) is 1.59. The zero-order valence-corrected chi connectivity index (χ0v) is 10.1. The molecule has 0 saturated heterocycles. The van der Waals surface area contributed by atoms with Gasteiger partial charge in [-0.1, -0.05) is 19.4 Å². The number of amides is 1. The molecule has 3 heteroatoms. The summed E-state index contributed by atoms with van der Waals surface area (Å²) in [5.74, 6) is 0.102. The highest BCUT2D eigenvalue weighted by Gasteiger charge is 2.02. The Morgan fingerprint density at radius 1 is 1.25 bits per heavy atom. The van der Waals surface area contributed by atoms with Gasteiger partial charge in [-0.15, -0.1) is 0 Å². The van der Waals surface area contributed by atoms with E-state index in [-0.39, 0.29) is 5.91 Å². The van der Waals surface area contributed by atoms with Gasteiger partial charge in [-0.2, -0.15) is 0 Å². The van der Waals surface area contributed by atoms with Crippen molar-refractivity contribution >= 4 is 5.91 Å². The quantitative estimate of drug-likeness (QED) is 0.797. The normalized spacial score (nSPS) is 10.1. The molecule has 1 rings (SSSR count). The fraction of sp³-hybridized carbons (Fsp3) is 0.538. The molecule has 0 radical (unpaired) electrons. The number of pyridine rings is 1. The predicted molar refractivity (Wildman–Crippen MR) is 65.2 cm³/mol. The molecular weight excluding hydrogens is 200 g/mol. The van der Waals surface area contributed by atoms with Gasteiger partial charge >= 0.3 is 0 Å². The average Bonchev–Trinajstić information content (AvgIpc) is 2.28. The number of aromatic nitrogens is 1. The first-order valence-electron chi connectivity index (χ1n) is 5.97. The zero-order chi connectivity index (χ0) is 11.8. The zero-order valence-electron chi connectivity index (χ0n) is 10.1. The lowest BCUT2D eigenvalue weighted by molar-refractivity contribution is -0.120. The lowest BCUT2D eigenvalue weighted by Crippen LogP contribution is -2.22. The first-order chi connectivity index (χ1) is 7.76. The summed E-state index contributed by atoms with van der Waals surface area (Å²) in [5.41, 5.74) is 2.13. The van der Waals surface area contributed by atoms with Gasteiger partial charge in [0.05, 0.1) is 0 Å². The molecular formula is C13H20N2O. The smallest absolute Gasteiger partial charge is 0.220 e. The maximum absolute atomic E-state index is 11.3. The SMILES string of the molecule is CCCc1cccc(CCC(=O)NCC)n1. The summed E-state index contributed by atoms with van der Waals surface area (Å²) in [7, 11) is 0. The first kappa shape index (κ1) is 12.7. The molecule has 88 valence electrons. The summed E-state index contributed by atoms with van der Waals surface area (Å²) in [4.78, 5) is 15.8. The van der Waals surface area contributed by atoms with Crippen LogP contribution in [0.15, 0.2) is 18.2 Å². The second kappa shape index (κ2) is 6.99. The molecule has 0 aliphatic carbocycles. The average molecular weight is 220 g/mol. The fourth-order valence-electron chi connectivity index (χ4n) is 1.59. The molecule has 3 nitrogen and oxygen atoms in total. The number of nitrogens with zero attached hydrogens (tertiary/aromatic N) is 1. The highest BCUT2D eigenvalue weighted by molar-refractivity contribution is 5.75. The number of carbonyl (C=O) groups excluding carboxylic acids is 1. The van der Waals surface area contributed by atoms with Gasteiger partial charge in [0.1, 0.15) is 0 Å². The molecule has 0 unspecified atom stereocenters. The number of hydrogen-bond donors (Lipinski definition) is 1. The van der Waals surface area contributed by atoms with Crippen LogP contribution in [0, 0.1) is 0 Å². The summed E-state index contributed by atoms with van der Waals surface area (Å²) in [6, 6.07) is 6.04. The third-order valence-corrected chi connectivity index (χ3v) is 2.35. The molecule has 0 bridgehead atoms. The topological polar surface area (TPSA) is 42.0 Å². The van der Waals surface area contributed by atoms with Crippen LogP contribution < -0.4 is 5.32 Å². The van der Waals surface area contributed by atoms with Gasteiger partial charge in [0, 0.05) is 24.4 Å². The maximum Gasteiger partial charge on any atom is 0.220 e. The van der Waals surface area contributed by atoms with E-state index < -0.39 is 0 Å². The third-order valence-electron chi connectivity index (χ3n) is 2.35. The van der Waals surface area contributed by atoms with Crippen LogP contribution in [0.1, 0.15) is 38.1 Å². The monoisotopic (exact) mass is 220 g/mol. The number of carbonyl (C=O) groups is 1. The van der Waals surface area contributed by atoms with E-state index in [4.69, 9.17) is 0 Å². The van der Waals surface area contributed by atoms with E-state index in [1.54, 1.807) is 0 Å². The van der Waals surface area contributed by atoms with E-state index in [1.807, 2.05) is 25.1 Å². The number of hydrogen-bond acceptors (Lipinski definition) is 2. The minimum atomic E-state index is 0.102. The van der Waals surface area contributed by atoms with E-state index in [0.29, 0.717) is 13.0 Å². The molecule has 1 aromatic heterocycles. The lowest BCUT2D eigenvalue weighted by Gasteiger charge is -2.04. The van der Waals surface area contributed by atoms with Crippen molar-refractivity contribution in [1.29, 1.82) is 0 Å². The van der Waals surface area contributed by atoms with Gasteiger partial charge in [0.25, 0.3) is 0 Å². The van der Waals surface area contributed by atoms with Gasteiger partial charge < -0.3 is 5.32 Å². The number of nitrogens with one attached hydrogen (secondary N) is 1. The van der Waals surface area contributed by atoms with Crippen molar-refractivity contribution in [2.45, 2.75) is 39.5 Å². The van der Waals surface area contributed by atoms with Crippen molar-refractivity contribution in [2.75, 3.05) is 6.54 Å². The van der Waals surface area contributed by atoms with E-state index in [1.165, 1.54) is 0 Å². The third kappa shape index (κ3) is 4.43. The largest absolute Gasteiger partial charge is 0.356 e. The molecule has 0 atom stereocenters. The van der Waals surface area contributed by atoms with Crippen LogP contribution in [0.5, 0.6) is 0 Å². The first-order valence-corrected chi connectivity index (χ1v) is 5.97. The van der Waals surface area contributed by atoms with Crippen molar-refractivity contribution in [3.8, 4) is 0 Å². The van der Waals surface area contributed by atoms with Crippen LogP contribution in [-0.4, -0.2) is 17.4 Å². The highest BCUT2D eigenvalue weighted by atomic mass is 16.1. The van der Waals surface area contributed by atoms with Crippen LogP contribution in [0.25, 0.3) is 0 Å². The van der Waals surface area contributed by atoms with Gasteiger partial charge in [-0.25, -0.2) is 0 Å². The van der Waals surface area contributed by atoms with Crippen LogP contribution in [0.3, 0.4) is 0 Å². The van der Waals surface area contributed by atoms with Crippen LogP contribution >= 0.6 is 0 Å². The molecule has 0 aliphatic heterocycles. The predicted octanol–water partition coefficient (Wildman–Crippen LogP) is 2.10. The molecule has 1 amide bonds. The molecule has 0 fully saturated rings. The maximum atomic E-state index is 11.3. The summed E-state index contributed by atoms with van der Waals surface area (Å²) in [6.45, 7) is 4.77. The number of aryl methyl sites for hydroxylation is 2. The molecule has 1 heterocycles. The number of rotatable bonds is 6. The summed E-state index contributed by atoms with van der Waals surface area (Å²) in [5, 5.41) is 2.79. The minimum absolute atomic E-state index is 0.102. The van der Waals surface area contributed by atoms with Crippen LogP contribution in [-0.2, 0) is 17.6 Å². The van der Waals surface area contributed by atoms with Gasteiger partial charge in [0.2, 0.25) is 5.91 Å². The van der Waals surface area contributed by atoms with E-state index >= 15 is 0 Å². The Kier molecular flexibility index (Phi) is 5.54. The highest BCUT2D eigenvalue weighted by Crippen LogP contribution is 2.04. The second-order valence-electron chi connectivity index (χ2n) is 3.82. The molecule has 1 N–H and O–H groups in total. The standard InChI is InChI=1S/C13H20N2O/c1-3-6-11-7-5-8-12(15-11)9-10-13(16)14-4-2/h5,7-8H,3-4,6,9-10H2,1-2H3,(H,14,16). The molecule has 0 aliphatic rings. The summed E-state index contributed by atoms with van der Waals surface area (Å²) in [6.07, 6.45) is 3.36. The molecule has 1 aromatic rings. The Labute approximate surface area is 97.3 Å². The molecule has 16 heavy (non-hydrogen) atoms. The van der Waals surface area contributed by atoms with Crippen LogP contribution in [0.2, 0.25) is 0 Å². The van der Waals surface area contributed by atoms with E-state index in [0.717, 1.165) is 30.7 Å². The van der Waals surface area contributed by atoms with Gasteiger partial charge in [-0.3, -0.25) is 9.78 Å². The Morgan fingerprint density at radius 3 is 2.56 bits per heavy atom. The lowest BCUT2D eigenvalue weighted by atomic mass is 10.1. The summed E-state index contributed by atoms with van der Waals surface area (Å²) < 4.78 is 0. The van der Waals surface area contributed by atoms with Crippen LogP contribution in [0.4, 0.5) is 0 Å². The van der Waals surface area contributed by atoms with E-state index in [2.05, 4.69) is 17.2 Å². The Balaban J connectivity index is 2.47. The Bertz CT molecular complexity index is 336. The summed E-state index contributed by atoms with van der Waals surface area (Å²) >= 11 is 0. The van der Waals surface area contributed by atoms with Crippen molar-refractivity contribution < 1.29 is 4.79 Å². The second-order valence-corrected chi connectivity index (χ2v) is 3.82.